The van der Waals surface area contributed by atoms with Crippen LogP contribution in [0.2, 0.25) is 4.34 Å². The number of thiophene rings is 1. The molecule has 1 aliphatic carbocycles. The summed E-state index contributed by atoms with van der Waals surface area (Å²) < 4.78 is 0.636. The van der Waals surface area contributed by atoms with Crippen LogP contribution in [-0.2, 0) is 0 Å². The Hall–Kier alpha value is -0.250. The van der Waals surface area contributed by atoms with Gasteiger partial charge in [-0.2, -0.15) is 0 Å². The number of amides is 1. The fraction of sp³-hybridized carbons (Fsp3) is 0.545. The Bertz CT molecular complexity index is 385. The third-order valence-electron chi connectivity index (χ3n) is 2.99. The normalized spacial score (nSPS) is 18.6. The molecule has 1 saturated carbocycles. The minimum atomic E-state index is -0.199. The number of rotatable bonds is 3. The molecule has 1 N–H and O–H groups in total. The first-order valence-electron chi connectivity index (χ1n) is 5.29. The molecule has 0 unspecified atom stereocenters. The predicted molar refractivity (Wildman–Crippen MR) is 68.7 cm³/mol. The van der Waals surface area contributed by atoms with E-state index < -0.39 is 0 Å². The van der Waals surface area contributed by atoms with Gasteiger partial charge >= 0.3 is 0 Å². The van der Waals surface area contributed by atoms with E-state index in [1.54, 1.807) is 12.1 Å². The molecule has 0 aromatic carbocycles. The molecule has 16 heavy (non-hydrogen) atoms. The van der Waals surface area contributed by atoms with Crippen LogP contribution in [0.3, 0.4) is 0 Å². The van der Waals surface area contributed by atoms with E-state index in [0.717, 1.165) is 25.7 Å². The van der Waals surface area contributed by atoms with Crippen molar-refractivity contribution >= 4 is 40.4 Å². The highest BCUT2D eigenvalue weighted by Gasteiger charge is 2.34. The molecule has 88 valence electrons. The van der Waals surface area contributed by atoms with Crippen LogP contribution in [0.25, 0.3) is 0 Å². The Labute approximate surface area is 109 Å². The number of nitrogens with one attached hydrogen (secondary N) is 1. The van der Waals surface area contributed by atoms with Gasteiger partial charge < -0.3 is 5.32 Å². The zero-order chi connectivity index (χ0) is 11.6. The minimum absolute atomic E-state index is 0.0561. The predicted octanol–water partition coefficient (Wildman–Crippen LogP) is 3.68. The van der Waals surface area contributed by atoms with Crippen molar-refractivity contribution < 1.29 is 4.79 Å². The highest BCUT2D eigenvalue weighted by Crippen LogP contribution is 2.31. The SMILES string of the molecule is O=C(NC1(CCl)CCCC1)c1ccc(Cl)s1. The second-order valence-corrected chi connectivity index (χ2v) is 6.16. The zero-order valence-electron chi connectivity index (χ0n) is 8.76. The largest absolute Gasteiger partial charge is 0.345 e. The summed E-state index contributed by atoms with van der Waals surface area (Å²) in [5.74, 6) is 0.428. The van der Waals surface area contributed by atoms with Crippen LogP contribution < -0.4 is 5.32 Å². The van der Waals surface area contributed by atoms with Crippen LogP contribution in [0.4, 0.5) is 0 Å². The second-order valence-electron chi connectivity index (χ2n) is 4.18. The number of hydrogen-bond acceptors (Lipinski definition) is 2. The molecule has 2 nitrogen and oxygen atoms in total. The van der Waals surface area contributed by atoms with E-state index in [4.69, 9.17) is 23.2 Å². The number of hydrogen-bond donors (Lipinski definition) is 1. The molecule has 1 heterocycles. The van der Waals surface area contributed by atoms with Gasteiger partial charge in [0.2, 0.25) is 0 Å². The molecule has 0 aliphatic heterocycles. The summed E-state index contributed by atoms with van der Waals surface area (Å²) in [4.78, 5) is 12.6. The third-order valence-corrected chi connectivity index (χ3v) is 4.73. The highest BCUT2D eigenvalue weighted by atomic mass is 35.5. The van der Waals surface area contributed by atoms with E-state index in [9.17, 15) is 4.79 Å². The van der Waals surface area contributed by atoms with Crippen molar-refractivity contribution in [1.82, 2.24) is 5.32 Å². The fourth-order valence-electron chi connectivity index (χ4n) is 2.08. The highest BCUT2D eigenvalue weighted by molar-refractivity contribution is 7.18. The molecule has 0 spiro atoms. The average Bonchev–Trinajstić information content (AvgIpc) is 2.88. The van der Waals surface area contributed by atoms with Gasteiger partial charge in [0, 0.05) is 5.88 Å². The van der Waals surface area contributed by atoms with Gasteiger partial charge in [-0.25, -0.2) is 0 Å². The maximum atomic E-state index is 12.0. The summed E-state index contributed by atoms with van der Waals surface area (Å²) in [6, 6.07) is 3.49. The molecule has 2 rings (SSSR count). The van der Waals surface area contributed by atoms with Crippen molar-refractivity contribution in [3.8, 4) is 0 Å². The molecule has 1 amide bonds. The fourth-order valence-corrected chi connectivity index (χ4v) is 3.35. The number of halogens is 2. The Kier molecular flexibility index (Phi) is 3.77. The zero-order valence-corrected chi connectivity index (χ0v) is 11.1. The van der Waals surface area contributed by atoms with E-state index >= 15 is 0 Å². The molecular weight excluding hydrogens is 265 g/mol. The minimum Gasteiger partial charge on any atom is -0.345 e. The molecule has 1 aromatic heterocycles. The van der Waals surface area contributed by atoms with Gasteiger partial charge in [-0.15, -0.1) is 22.9 Å². The second kappa shape index (κ2) is 4.94. The van der Waals surface area contributed by atoms with Gasteiger partial charge in [0.15, 0.2) is 0 Å². The van der Waals surface area contributed by atoms with E-state index in [1.807, 2.05) is 0 Å². The van der Waals surface area contributed by atoms with Gasteiger partial charge in [0.1, 0.15) is 0 Å². The van der Waals surface area contributed by atoms with E-state index in [-0.39, 0.29) is 11.4 Å². The van der Waals surface area contributed by atoms with E-state index in [2.05, 4.69) is 5.32 Å². The maximum Gasteiger partial charge on any atom is 0.261 e. The number of carbonyl (C=O) groups is 1. The van der Waals surface area contributed by atoms with Crippen LogP contribution in [0.5, 0.6) is 0 Å². The first-order valence-corrected chi connectivity index (χ1v) is 7.02. The molecule has 1 aliphatic rings. The lowest BCUT2D eigenvalue weighted by atomic mass is 10.0. The first kappa shape index (κ1) is 12.2. The summed E-state index contributed by atoms with van der Waals surface area (Å²) in [5, 5.41) is 3.05. The first-order chi connectivity index (χ1) is 7.65. The molecule has 0 atom stereocenters. The summed E-state index contributed by atoms with van der Waals surface area (Å²) in [7, 11) is 0. The number of alkyl halides is 1. The monoisotopic (exact) mass is 277 g/mol. The summed E-state index contributed by atoms with van der Waals surface area (Å²) in [6.45, 7) is 0. The van der Waals surface area contributed by atoms with Crippen molar-refractivity contribution in [2.75, 3.05) is 5.88 Å². The van der Waals surface area contributed by atoms with Gasteiger partial charge in [0.25, 0.3) is 5.91 Å². The van der Waals surface area contributed by atoms with Gasteiger partial charge in [-0.1, -0.05) is 24.4 Å². The Balaban J connectivity index is 2.06. The average molecular weight is 278 g/mol. The van der Waals surface area contributed by atoms with Crippen LogP contribution >= 0.6 is 34.5 Å². The molecule has 1 aromatic rings. The number of carbonyl (C=O) groups excluding carboxylic acids is 1. The van der Waals surface area contributed by atoms with Gasteiger partial charge in [0.05, 0.1) is 14.8 Å². The van der Waals surface area contributed by atoms with E-state index in [1.165, 1.54) is 11.3 Å². The molecule has 1 fully saturated rings. The lowest BCUT2D eigenvalue weighted by Gasteiger charge is -2.27. The molecule has 0 bridgehead atoms. The van der Waals surface area contributed by atoms with Crippen molar-refractivity contribution in [3.05, 3.63) is 21.3 Å². The smallest absolute Gasteiger partial charge is 0.261 e. The van der Waals surface area contributed by atoms with Crippen molar-refractivity contribution in [1.29, 1.82) is 0 Å². The topological polar surface area (TPSA) is 29.1 Å². The van der Waals surface area contributed by atoms with Crippen LogP contribution in [0.1, 0.15) is 35.4 Å². The molecule has 5 heteroatoms. The molecule has 0 saturated heterocycles. The Morgan fingerprint density at radius 1 is 1.44 bits per heavy atom. The lowest BCUT2D eigenvalue weighted by Crippen LogP contribution is -2.47. The Morgan fingerprint density at radius 2 is 2.12 bits per heavy atom. The molecular formula is C11H13Cl2NOS. The summed E-state index contributed by atoms with van der Waals surface area (Å²) >= 11 is 13.1. The van der Waals surface area contributed by atoms with Crippen LogP contribution in [0.15, 0.2) is 12.1 Å². The Morgan fingerprint density at radius 3 is 2.62 bits per heavy atom. The summed E-state index contributed by atoms with van der Waals surface area (Å²) in [6.07, 6.45) is 4.22. The quantitative estimate of drug-likeness (QED) is 0.839. The lowest BCUT2D eigenvalue weighted by molar-refractivity contribution is 0.0913. The van der Waals surface area contributed by atoms with Gasteiger partial charge in [-0.05, 0) is 25.0 Å². The van der Waals surface area contributed by atoms with Gasteiger partial charge in [-0.3, -0.25) is 4.79 Å². The standard InChI is InChI=1S/C11H13Cl2NOS/c12-7-11(5-1-2-6-11)14-10(15)8-3-4-9(13)16-8/h3-4H,1-2,5-7H2,(H,14,15). The van der Waals surface area contributed by atoms with Crippen molar-refractivity contribution in [2.45, 2.75) is 31.2 Å². The van der Waals surface area contributed by atoms with Crippen LogP contribution in [0, 0.1) is 0 Å². The molecule has 0 radical (unpaired) electrons. The van der Waals surface area contributed by atoms with E-state index in [0.29, 0.717) is 15.1 Å². The maximum absolute atomic E-state index is 12.0. The van der Waals surface area contributed by atoms with Crippen LogP contribution in [-0.4, -0.2) is 17.3 Å². The third kappa shape index (κ3) is 2.53. The summed E-state index contributed by atoms with van der Waals surface area (Å²) in [5.41, 5.74) is -0.199. The van der Waals surface area contributed by atoms with Crippen molar-refractivity contribution in [3.63, 3.8) is 0 Å². The van der Waals surface area contributed by atoms with Crippen molar-refractivity contribution in [2.24, 2.45) is 0 Å².